The Bertz CT molecular complexity index is 465. The summed E-state index contributed by atoms with van der Waals surface area (Å²) in [6.07, 6.45) is 3.83. The molecule has 0 radical (unpaired) electrons. The van der Waals surface area contributed by atoms with Crippen molar-refractivity contribution in [2.45, 2.75) is 26.2 Å². The van der Waals surface area contributed by atoms with Gasteiger partial charge in [-0.3, -0.25) is 0 Å². The number of aromatic amines is 1. The first kappa shape index (κ1) is 7.19. The number of aryl methyl sites for hydroxylation is 3. The third-order valence-corrected chi connectivity index (χ3v) is 3.00. The average molecular weight is 171 g/mol. The van der Waals surface area contributed by atoms with Crippen molar-refractivity contribution >= 4 is 10.9 Å². The van der Waals surface area contributed by atoms with Gasteiger partial charge in [-0.2, -0.15) is 0 Å². The molecule has 1 N–H and O–H groups in total. The molecule has 1 aliphatic rings. The molecule has 0 aliphatic heterocycles. The van der Waals surface area contributed by atoms with Crippen molar-refractivity contribution in [3.05, 3.63) is 35.0 Å². The summed E-state index contributed by atoms with van der Waals surface area (Å²) in [5.41, 5.74) is 5.72. The van der Waals surface area contributed by atoms with Crippen molar-refractivity contribution < 1.29 is 0 Å². The Hall–Kier alpha value is -1.24. The zero-order valence-corrected chi connectivity index (χ0v) is 7.85. The van der Waals surface area contributed by atoms with E-state index in [9.17, 15) is 0 Å². The molecule has 1 heterocycles. The Morgan fingerprint density at radius 3 is 3.08 bits per heavy atom. The van der Waals surface area contributed by atoms with Gasteiger partial charge in [0.05, 0.1) is 0 Å². The molecule has 0 bridgehead atoms. The smallest absolute Gasteiger partial charge is 0.0459 e. The van der Waals surface area contributed by atoms with Gasteiger partial charge in [-0.15, -0.1) is 0 Å². The van der Waals surface area contributed by atoms with Crippen molar-refractivity contribution in [1.82, 2.24) is 4.98 Å². The Morgan fingerprint density at radius 1 is 1.23 bits per heavy atom. The number of benzene rings is 1. The van der Waals surface area contributed by atoms with E-state index in [1.54, 1.807) is 5.56 Å². The highest BCUT2D eigenvalue weighted by Gasteiger charge is 2.16. The standard InChI is InChI=1S/C12H13N/c1-8-5-6-12-10(7-8)9-3-2-4-11(9)13-12/h5-7,13H,2-4H2,1H3. The van der Waals surface area contributed by atoms with Gasteiger partial charge in [-0.1, -0.05) is 11.6 Å². The molecule has 13 heavy (non-hydrogen) atoms. The average Bonchev–Trinajstić information content (AvgIpc) is 2.64. The molecule has 0 unspecified atom stereocenters. The molecule has 1 aromatic carbocycles. The van der Waals surface area contributed by atoms with Gasteiger partial charge in [0.15, 0.2) is 0 Å². The predicted octanol–water partition coefficient (Wildman–Crippen LogP) is 2.97. The van der Waals surface area contributed by atoms with Gasteiger partial charge in [0.1, 0.15) is 0 Å². The van der Waals surface area contributed by atoms with Crippen molar-refractivity contribution in [2.75, 3.05) is 0 Å². The summed E-state index contributed by atoms with van der Waals surface area (Å²) in [5.74, 6) is 0. The van der Waals surface area contributed by atoms with Gasteiger partial charge in [0, 0.05) is 16.6 Å². The lowest BCUT2D eigenvalue weighted by atomic mass is 10.1. The second-order valence-corrected chi connectivity index (χ2v) is 3.98. The SMILES string of the molecule is Cc1ccc2[nH]c3c(c2c1)CCC3. The molecule has 0 atom stereocenters. The van der Waals surface area contributed by atoms with Crippen LogP contribution in [0.3, 0.4) is 0 Å². The fourth-order valence-electron chi connectivity index (χ4n) is 2.36. The van der Waals surface area contributed by atoms with E-state index in [1.807, 2.05) is 0 Å². The highest BCUT2D eigenvalue weighted by Crippen LogP contribution is 2.30. The first-order valence-electron chi connectivity index (χ1n) is 4.95. The van der Waals surface area contributed by atoms with Crippen molar-refractivity contribution in [3.63, 3.8) is 0 Å². The first-order valence-corrected chi connectivity index (χ1v) is 4.95. The highest BCUT2D eigenvalue weighted by atomic mass is 14.7. The number of aromatic nitrogens is 1. The lowest BCUT2D eigenvalue weighted by Gasteiger charge is -1.95. The van der Waals surface area contributed by atoms with Crippen LogP contribution in [0.25, 0.3) is 10.9 Å². The van der Waals surface area contributed by atoms with Gasteiger partial charge in [-0.05, 0) is 43.9 Å². The normalized spacial score (nSPS) is 15.2. The molecule has 0 fully saturated rings. The van der Waals surface area contributed by atoms with E-state index in [0.29, 0.717) is 0 Å². The number of hydrogen-bond acceptors (Lipinski definition) is 0. The quantitative estimate of drug-likeness (QED) is 0.627. The molecule has 3 rings (SSSR count). The minimum Gasteiger partial charge on any atom is -0.358 e. The van der Waals surface area contributed by atoms with E-state index in [0.717, 1.165) is 0 Å². The highest BCUT2D eigenvalue weighted by molar-refractivity contribution is 5.85. The zero-order valence-electron chi connectivity index (χ0n) is 7.85. The minimum atomic E-state index is 1.24. The lowest BCUT2D eigenvalue weighted by Crippen LogP contribution is -1.77. The van der Waals surface area contributed by atoms with E-state index in [4.69, 9.17) is 0 Å². The van der Waals surface area contributed by atoms with Gasteiger partial charge in [0.25, 0.3) is 0 Å². The Morgan fingerprint density at radius 2 is 2.15 bits per heavy atom. The van der Waals surface area contributed by atoms with Crippen LogP contribution in [-0.4, -0.2) is 4.98 Å². The van der Waals surface area contributed by atoms with Crippen LogP contribution in [0.2, 0.25) is 0 Å². The van der Waals surface area contributed by atoms with Crippen LogP contribution in [0.1, 0.15) is 23.2 Å². The first-order chi connectivity index (χ1) is 6.34. The predicted molar refractivity (Wildman–Crippen MR) is 55.1 cm³/mol. The zero-order chi connectivity index (χ0) is 8.84. The molecule has 66 valence electrons. The third kappa shape index (κ3) is 0.932. The topological polar surface area (TPSA) is 15.8 Å². The van der Waals surface area contributed by atoms with Crippen LogP contribution < -0.4 is 0 Å². The fourth-order valence-corrected chi connectivity index (χ4v) is 2.36. The number of fused-ring (bicyclic) bond motifs is 3. The molecule has 0 amide bonds. The summed E-state index contributed by atoms with van der Waals surface area (Å²) in [4.78, 5) is 3.50. The van der Waals surface area contributed by atoms with E-state index < -0.39 is 0 Å². The van der Waals surface area contributed by atoms with Crippen LogP contribution in [0.5, 0.6) is 0 Å². The molecule has 1 aliphatic carbocycles. The number of nitrogens with one attached hydrogen (secondary N) is 1. The third-order valence-electron chi connectivity index (χ3n) is 3.00. The molecular formula is C12H13N. The van der Waals surface area contributed by atoms with E-state index >= 15 is 0 Å². The minimum absolute atomic E-state index is 1.24. The van der Waals surface area contributed by atoms with Crippen molar-refractivity contribution in [3.8, 4) is 0 Å². The number of rotatable bonds is 0. The van der Waals surface area contributed by atoms with Crippen LogP contribution in [-0.2, 0) is 12.8 Å². The van der Waals surface area contributed by atoms with Gasteiger partial charge >= 0.3 is 0 Å². The largest absolute Gasteiger partial charge is 0.358 e. The van der Waals surface area contributed by atoms with Crippen LogP contribution >= 0.6 is 0 Å². The van der Waals surface area contributed by atoms with Gasteiger partial charge < -0.3 is 4.98 Å². The Labute approximate surface area is 77.8 Å². The molecular weight excluding hydrogens is 158 g/mol. The maximum absolute atomic E-state index is 3.50. The van der Waals surface area contributed by atoms with E-state index in [1.165, 1.54) is 41.4 Å². The maximum atomic E-state index is 3.50. The van der Waals surface area contributed by atoms with Crippen LogP contribution in [0.15, 0.2) is 18.2 Å². The Kier molecular flexibility index (Phi) is 1.32. The molecule has 2 aromatic rings. The van der Waals surface area contributed by atoms with Crippen LogP contribution in [0, 0.1) is 6.92 Å². The summed E-state index contributed by atoms with van der Waals surface area (Å²) in [7, 11) is 0. The van der Waals surface area contributed by atoms with E-state index in [2.05, 4.69) is 30.1 Å². The molecule has 1 heteroatoms. The summed E-state index contributed by atoms with van der Waals surface area (Å²) in [6.45, 7) is 2.16. The summed E-state index contributed by atoms with van der Waals surface area (Å²) < 4.78 is 0. The number of H-pyrrole nitrogens is 1. The lowest BCUT2D eigenvalue weighted by molar-refractivity contribution is 0.899. The second kappa shape index (κ2) is 2.38. The molecule has 1 nitrogen and oxygen atoms in total. The Balaban J connectivity index is 2.40. The van der Waals surface area contributed by atoms with Crippen molar-refractivity contribution in [1.29, 1.82) is 0 Å². The molecule has 0 saturated carbocycles. The maximum Gasteiger partial charge on any atom is 0.0459 e. The summed E-state index contributed by atoms with van der Waals surface area (Å²) in [6, 6.07) is 6.67. The van der Waals surface area contributed by atoms with Gasteiger partial charge in [-0.25, -0.2) is 0 Å². The van der Waals surface area contributed by atoms with Gasteiger partial charge in [0.2, 0.25) is 0 Å². The van der Waals surface area contributed by atoms with E-state index in [-0.39, 0.29) is 0 Å². The molecule has 0 saturated heterocycles. The van der Waals surface area contributed by atoms with Crippen LogP contribution in [0.4, 0.5) is 0 Å². The molecule has 1 aromatic heterocycles. The second-order valence-electron chi connectivity index (χ2n) is 3.98. The van der Waals surface area contributed by atoms with Crippen molar-refractivity contribution in [2.24, 2.45) is 0 Å². The fraction of sp³-hybridized carbons (Fsp3) is 0.333. The monoisotopic (exact) mass is 171 g/mol. The summed E-state index contributed by atoms with van der Waals surface area (Å²) in [5, 5.41) is 1.45. The summed E-state index contributed by atoms with van der Waals surface area (Å²) >= 11 is 0. The number of hydrogen-bond donors (Lipinski definition) is 1. The molecule has 0 spiro atoms.